The van der Waals surface area contributed by atoms with Gasteiger partial charge in [0.05, 0.1) is 29.1 Å². The van der Waals surface area contributed by atoms with Crippen LogP contribution in [0.15, 0.2) is 53.4 Å². The van der Waals surface area contributed by atoms with Gasteiger partial charge < -0.3 is 19.9 Å². The third kappa shape index (κ3) is 5.75. The zero-order chi connectivity index (χ0) is 24.0. The Bertz CT molecular complexity index is 1220. The Morgan fingerprint density at radius 2 is 1.85 bits per heavy atom. The number of nitrogens with zero attached hydrogens (tertiary/aromatic N) is 3. The van der Waals surface area contributed by atoms with Crippen LogP contribution in [0.25, 0.3) is 11.0 Å². The van der Waals surface area contributed by atoms with E-state index in [1.807, 2.05) is 41.9 Å². The van der Waals surface area contributed by atoms with Crippen molar-refractivity contribution in [3.05, 3.63) is 54.4 Å². The standard InChI is InChI=1S/C24H31N5O4S/c1-28-22-9-8-20(34(31,32)29-14-16-33-17-15-29)18-21(22)27-23(28)10-11-24(30)26-13-5-12-25-19-6-3-2-4-7-19/h2-4,6-9,18,25H,5,10-17H2,1H3,(H,26,30). The Balaban J connectivity index is 1.30. The van der Waals surface area contributed by atoms with Crippen molar-refractivity contribution in [2.24, 2.45) is 7.05 Å². The molecule has 0 bridgehead atoms. The fourth-order valence-corrected chi connectivity index (χ4v) is 5.40. The van der Waals surface area contributed by atoms with E-state index in [1.54, 1.807) is 18.2 Å². The van der Waals surface area contributed by atoms with Crippen molar-refractivity contribution in [2.45, 2.75) is 24.2 Å². The summed E-state index contributed by atoms with van der Waals surface area (Å²) in [6.45, 7) is 2.90. The first-order valence-corrected chi connectivity index (χ1v) is 13.0. The van der Waals surface area contributed by atoms with Crippen molar-refractivity contribution >= 4 is 32.7 Å². The molecule has 3 aromatic rings. The van der Waals surface area contributed by atoms with Gasteiger partial charge in [0.15, 0.2) is 0 Å². The van der Waals surface area contributed by atoms with Crippen LogP contribution in [-0.4, -0.2) is 67.6 Å². The Morgan fingerprint density at radius 3 is 2.62 bits per heavy atom. The van der Waals surface area contributed by atoms with Crippen LogP contribution in [0.2, 0.25) is 0 Å². The molecule has 0 aliphatic carbocycles. The van der Waals surface area contributed by atoms with E-state index in [0.717, 1.165) is 30.0 Å². The maximum absolute atomic E-state index is 12.9. The number of hydrogen-bond acceptors (Lipinski definition) is 6. The molecule has 0 saturated carbocycles. The van der Waals surface area contributed by atoms with Crippen molar-refractivity contribution < 1.29 is 17.9 Å². The van der Waals surface area contributed by atoms with Crippen LogP contribution < -0.4 is 10.6 Å². The zero-order valence-corrected chi connectivity index (χ0v) is 20.2. The second-order valence-electron chi connectivity index (χ2n) is 8.25. The van der Waals surface area contributed by atoms with E-state index in [4.69, 9.17) is 4.74 Å². The summed E-state index contributed by atoms with van der Waals surface area (Å²) in [5.41, 5.74) is 2.51. The molecule has 0 atom stereocenters. The number of aromatic nitrogens is 2. The molecule has 1 saturated heterocycles. The number of imidazole rings is 1. The summed E-state index contributed by atoms with van der Waals surface area (Å²) in [5.74, 6) is 0.721. The van der Waals surface area contributed by atoms with Gasteiger partial charge in [-0.25, -0.2) is 13.4 Å². The van der Waals surface area contributed by atoms with Gasteiger partial charge >= 0.3 is 0 Å². The molecular formula is C24H31N5O4S. The van der Waals surface area contributed by atoms with Gasteiger partial charge in [0.25, 0.3) is 0 Å². The zero-order valence-electron chi connectivity index (χ0n) is 19.4. The number of carbonyl (C=O) groups is 1. The largest absolute Gasteiger partial charge is 0.385 e. The molecule has 2 N–H and O–H groups in total. The van der Waals surface area contributed by atoms with Crippen molar-refractivity contribution in [3.63, 3.8) is 0 Å². The van der Waals surface area contributed by atoms with Crippen LogP contribution >= 0.6 is 0 Å². The number of morpholine rings is 1. The number of amides is 1. The maximum atomic E-state index is 12.9. The molecule has 0 spiro atoms. The molecule has 2 heterocycles. The lowest BCUT2D eigenvalue weighted by Gasteiger charge is -2.26. The molecule has 1 aliphatic heterocycles. The van der Waals surface area contributed by atoms with Gasteiger partial charge in [-0.2, -0.15) is 4.31 Å². The summed E-state index contributed by atoms with van der Waals surface area (Å²) < 4.78 is 34.5. The molecule has 1 amide bonds. The van der Waals surface area contributed by atoms with Crippen LogP contribution in [0.4, 0.5) is 5.69 Å². The van der Waals surface area contributed by atoms with E-state index in [9.17, 15) is 13.2 Å². The number of aryl methyl sites for hydroxylation is 2. The summed E-state index contributed by atoms with van der Waals surface area (Å²) in [4.78, 5) is 17.1. The summed E-state index contributed by atoms with van der Waals surface area (Å²) in [5, 5.41) is 6.26. The Kier molecular flexibility index (Phi) is 7.81. The third-order valence-corrected chi connectivity index (χ3v) is 7.80. The first kappa shape index (κ1) is 24.2. The first-order chi connectivity index (χ1) is 16.4. The molecule has 0 unspecified atom stereocenters. The van der Waals surface area contributed by atoms with Crippen LogP contribution in [0.3, 0.4) is 0 Å². The predicted octanol–water partition coefficient (Wildman–Crippen LogP) is 2.15. The van der Waals surface area contributed by atoms with Crippen LogP contribution in [0.1, 0.15) is 18.7 Å². The van der Waals surface area contributed by atoms with Gasteiger partial charge in [0, 0.05) is 51.8 Å². The van der Waals surface area contributed by atoms with E-state index in [0.29, 0.717) is 51.2 Å². The topological polar surface area (TPSA) is 106 Å². The summed E-state index contributed by atoms with van der Waals surface area (Å²) in [6, 6.07) is 15.0. The van der Waals surface area contributed by atoms with Gasteiger partial charge in [-0.1, -0.05) is 18.2 Å². The molecule has 0 radical (unpaired) electrons. The minimum Gasteiger partial charge on any atom is -0.385 e. The highest BCUT2D eigenvalue weighted by atomic mass is 32.2. The first-order valence-electron chi connectivity index (χ1n) is 11.5. The molecule has 1 aromatic heterocycles. The lowest BCUT2D eigenvalue weighted by atomic mass is 10.2. The van der Waals surface area contributed by atoms with Gasteiger partial charge in [0.1, 0.15) is 5.82 Å². The number of hydrogen-bond donors (Lipinski definition) is 2. The average Bonchev–Trinajstić information content (AvgIpc) is 3.18. The fraction of sp³-hybridized carbons (Fsp3) is 0.417. The van der Waals surface area contributed by atoms with Gasteiger partial charge in [0.2, 0.25) is 15.9 Å². The highest BCUT2D eigenvalue weighted by Gasteiger charge is 2.27. The lowest BCUT2D eigenvalue weighted by molar-refractivity contribution is -0.121. The van der Waals surface area contributed by atoms with Crippen molar-refractivity contribution in [1.29, 1.82) is 0 Å². The van der Waals surface area contributed by atoms with Crippen LogP contribution in [0, 0.1) is 0 Å². The van der Waals surface area contributed by atoms with Crippen molar-refractivity contribution in [1.82, 2.24) is 19.2 Å². The Morgan fingerprint density at radius 1 is 1.09 bits per heavy atom. The minimum absolute atomic E-state index is 0.0256. The maximum Gasteiger partial charge on any atom is 0.243 e. The van der Waals surface area contributed by atoms with Crippen molar-refractivity contribution in [3.8, 4) is 0 Å². The molecule has 34 heavy (non-hydrogen) atoms. The van der Waals surface area contributed by atoms with Crippen LogP contribution in [-0.2, 0) is 33.0 Å². The minimum atomic E-state index is -3.58. The van der Waals surface area contributed by atoms with Gasteiger partial charge in [-0.3, -0.25) is 4.79 Å². The van der Waals surface area contributed by atoms with Gasteiger partial charge in [-0.05, 0) is 36.8 Å². The van der Waals surface area contributed by atoms with E-state index in [2.05, 4.69) is 15.6 Å². The lowest BCUT2D eigenvalue weighted by Crippen LogP contribution is -2.40. The molecular weight excluding hydrogens is 454 g/mol. The highest BCUT2D eigenvalue weighted by Crippen LogP contribution is 2.23. The monoisotopic (exact) mass is 485 g/mol. The Labute approximate surface area is 200 Å². The molecule has 1 aliphatic rings. The van der Waals surface area contributed by atoms with Gasteiger partial charge in [-0.15, -0.1) is 0 Å². The molecule has 1 fully saturated rings. The molecule has 2 aromatic carbocycles. The predicted molar refractivity (Wildman–Crippen MR) is 131 cm³/mol. The van der Waals surface area contributed by atoms with E-state index in [-0.39, 0.29) is 10.8 Å². The third-order valence-electron chi connectivity index (χ3n) is 5.91. The molecule has 9 nitrogen and oxygen atoms in total. The second-order valence-corrected chi connectivity index (χ2v) is 10.2. The normalized spacial score (nSPS) is 14.9. The number of benzene rings is 2. The fourth-order valence-electron chi connectivity index (χ4n) is 3.97. The summed E-state index contributed by atoms with van der Waals surface area (Å²) in [7, 11) is -1.70. The molecule has 4 rings (SSSR count). The highest BCUT2D eigenvalue weighted by molar-refractivity contribution is 7.89. The summed E-state index contributed by atoms with van der Waals surface area (Å²) >= 11 is 0. The number of para-hydroxylation sites is 1. The van der Waals surface area contributed by atoms with Crippen LogP contribution in [0.5, 0.6) is 0 Å². The second kappa shape index (κ2) is 11.0. The molecule has 10 heteroatoms. The number of sulfonamides is 1. The van der Waals surface area contributed by atoms with Crippen molar-refractivity contribution in [2.75, 3.05) is 44.7 Å². The smallest absolute Gasteiger partial charge is 0.243 e. The van der Waals surface area contributed by atoms with E-state index < -0.39 is 10.0 Å². The quantitative estimate of drug-likeness (QED) is 0.426. The SMILES string of the molecule is Cn1c(CCC(=O)NCCCNc2ccccc2)nc2cc(S(=O)(=O)N3CCOCC3)ccc21. The average molecular weight is 486 g/mol. The number of rotatable bonds is 10. The number of ether oxygens (including phenoxy) is 1. The number of nitrogens with one attached hydrogen (secondary N) is 2. The van der Waals surface area contributed by atoms with E-state index >= 15 is 0 Å². The number of carbonyl (C=O) groups excluding carboxylic acids is 1. The number of anilines is 1. The Hall–Kier alpha value is -2.95. The van der Waals surface area contributed by atoms with E-state index in [1.165, 1.54) is 4.31 Å². The molecule has 182 valence electrons. The summed E-state index contributed by atoms with van der Waals surface area (Å²) in [6.07, 6.45) is 1.63. The number of fused-ring (bicyclic) bond motifs is 1.